The number of methoxy groups -OCH3 is 1. The third kappa shape index (κ3) is 6.45. The fraction of sp³-hybridized carbons (Fsp3) is 0.667. The molecule has 0 bridgehead atoms. The number of esters is 1. The smallest absolute Gasteiger partial charge is 0.302 e. The van der Waals surface area contributed by atoms with Crippen LogP contribution in [0, 0.1) is 28.6 Å². The van der Waals surface area contributed by atoms with Gasteiger partial charge in [0.1, 0.15) is 19.3 Å². The van der Waals surface area contributed by atoms with E-state index in [0.717, 1.165) is 85.9 Å². The van der Waals surface area contributed by atoms with Gasteiger partial charge >= 0.3 is 5.97 Å². The highest BCUT2D eigenvalue weighted by atomic mass is 127. The Morgan fingerprint density at radius 1 is 1.05 bits per heavy atom. The van der Waals surface area contributed by atoms with Crippen LogP contribution in [-0.2, 0) is 14.3 Å². The van der Waals surface area contributed by atoms with E-state index < -0.39 is 0 Å². The Bertz CT molecular complexity index is 1270. The normalized spacial score (nSPS) is 32.6. The maximum Gasteiger partial charge on any atom is 0.302 e. The Hall–Kier alpha value is -1.87. The molecule has 0 heterocycles. The van der Waals surface area contributed by atoms with Gasteiger partial charge in [0.25, 0.3) is 0 Å². The minimum atomic E-state index is -0.291. The van der Waals surface area contributed by atoms with E-state index in [1.165, 1.54) is 12.5 Å². The number of carbonyl (C=O) groups excluding carboxylic acids is 2. The first-order valence-electron chi connectivity index (χ1n) is 16.2. The number of nitrogens with zero attached hydrogens (tertiary/aromatic N) is 1. The molecular weight excluding hydrogens is 653 g/mol. The fourth-order valence-corrected chi connectivity index (χ4v) is 8.77. The van der Waals surface area contributed by atoms with Gasteiger partial charge in [-0.3, -0.25) is 9.59 Å². The molecule has 4 aliphatic carbocycles. The van der Waals surface area contributed by atoms with Gasteiger partial charge in [-0.1, -0.05) is 31.6 Å². The number of hydrogen-bond acceptors (Lipinski definition) is 5. The molecule has 0 aromatic heterocycles. The summed E-state index contributed by atoms with van der Waals surface area (Å²) in [4.78, 5) is 25.6. The monoisotopic (exact) mass is 705 g/mol. The summed E-state index contributed by atoms with van der Waals surface area (Å²) < 4.78 is 18.4. The molecule has 6 atom stereocenters. The Morgan fingerprint density at radius 3 is 2.44 bits per heavy atom. The second kappa shape index (κ2) is 13.2. The minimum Gasteiger partial charge on any atom is -1.00 e. The summed E-state index contributed by atoms with van der Waals surface area (Å²) in [5, 5.41) is 0. The van der Waals surface area contributed by atoms with Crippen molar-refractivity contribution in [1.82, 2.24) is 0 Å². The molecular formula is C36H52INO5. The highest BCUT2D eigenvalue weighted by molar-refractivity contribution is 6.06. The maximum atomic E-state index is 14.0. The zero-order valence-corrected chi connectivity index (χ0v) is 29.5. The molecule has 3 fully saturated rings. The first-order chi connectivity index (χ1) is 20.0. The minimum absolute atomic E-state index is 0. The summed E-state index contributed by atoms with van der Waals surface area (Å²) in [6.45, 7) is 14.3. The zero-order valence-electron chi connectivity index (χ0n) is 27.3. The van der Waals surface area contributed by atoms with Gasteiger partial charge in [0.2, 0.25) is 0 Å². The van der Waals surface area contributed by atoms with Crippen LogP contribution in [0.15, 0.2) is 35.4 Å². The molecule has 0 aliphatic heterocycles. The largest absolute Gasteiger partial charge is 1.00 e. The second-order valence-corrected chi connectivity index (χ2v) is 14.1. The van der Waals surface area contributed by atoms with Crippen LogP contribution in [0.1, 0.15) is 85.1 Å². The van der Waals surface area contributed by atoms with Gasteiger partial charge in [0.15, 0.2) is 17.3 Å². The number of allylic oxidation sites excluding steroid dienone is 2. The molecule has 6 nitrogen and oxygen atoms in total. The average Bonchev–Trinajstić information content (AvgIpc) is 3.22. The third-order valence-electron chi connectivity index (χ3n) is 12.0. The van der Waals surface area contributed by atoms with E-state index in [2.05, 4.69) is 53.0 Å². The van der Waals surface area contributed by atoms with E-state index in [1.54, 1.807) is 7.11 Å². The lowest BCUT2D eigenvalue weighted by atomic mass is 9.48. The van der Waals surface area contributed by atoms with Crippen molar-refractivity contribution in [1.29, 1.82) is 0 Å². The maximum absolute atomic E-state index is 14.0. The molecule has 1 aromatic carbocycles. The quantitative estimate of drug-likeness (QED) is 0.128. The number of likely N-dealkylation sites (N-methyl/N-ethyl adjacent to an activating group) is 1. The van der Waals surface area contributed by atoms with Crippen LogP contribution in [-0.4, -0.2) is 62.7 Å². The molecule has 0 amide bonds. The van der Waals surface area contributed by atoms with Crippen molar-refractivity contribution in [3.63, 3.8) is 0 Å². The average molecular weight is 706 g/mol. The van der Waals surface area contributed by atoms with Gasteiger partial charge in [-0.2, -0.15) is 0 Å². The molecule has 0 radical (unpaired) electrons. The fourth-order valence-electron chi connectivity index (χ4n) is 8.77. The van der Waals surface area contributed by atoms with Crippen molar-refractivity contribution in [3.8, 4) is 11.5 Å². The third-order valence-corrected chi connectivity index (χ3v) is 12.0. The van der Waals surface area contributed by atoms with Crippen LogP contribution in [0.25, 0.3) is 6.08 Å². The molecule has 0 saturated heterocycles. The summed E-state index contributed by atoms with van der Waals surface area (Å²) in [6.07, 6.45) is 11.3. The molecule has 3 saturated carbocycles. The van der Waals surface area contributed by atoms with Crippen molar-refractivity contribution in [2.45, 2.75) is 85.7 Å². The lowest BCUT2D eigenvalue weighted by molar-refractivity contribution is -0.906. The highest BCUT2D eigenvalue weighted by Crippen LogP contribution is 2.65. The van der Waals surface area contributed by atoms with E-state index in [1.807, 2.05) is 12.1 Å². The number of carbonyl (C=O) groups is 2. The van der Waals surface area contributed by atoms with Crippen LogP contribution in [0.3, 0.4) is 0 Å². The number of benzene rings is 1. The number of halogens is 1. The Kier molecular flexibility index (Phi) is 10.5. The van der Waals surface area contributed by atoms with Crippen molar-refractivity contribution in [2.75, 3.05) is 40.4 Å². The van der Waals surface area contributed by atoms with Gasteiger partial charge in [-0.05, 0) is 105 Å². The van der Waals surface area contributed by atoms with Crippen LogP contribution in [0.2, 0.25) is 0 Å². The number of rotatable bonds is 9. The van der Waals surface area contributed by atoms with Crippen molar-refractivity contribution in [3.05, 3.63) is 41.0 Å². The van der Waals surface area contributed by atoms with Gasteiger partial charge < -0.3 is 42.7 Å². The van der Waals surface area contributed by atoms with Gasteiger partial charge in [0.05, 0.1) is 27.2 Å². The van der Waals surface area contributed by atoms with E-state index in [-0.39, 0.29) is 46.9 Å². The number of quaternary nitrogens is 1. The zero-order chi connectivity index (χ0) is 30.3. The summed E-state index contributed by atoms with van der Waals surface area (Å²) in [5.41, 5.74) is 3.28. The molecule has 238 valence electrons. The standard InChI is InChI=1S/C36H52NO5.HI/c1-8-37(6,9-2)18-19-41-32-13-10-25(21-33(32)40-7)20-26-22-31-29-12-11-27-23-28(42-24(3)38)14-16-35(27,4)30(29)15-17-36(31,5)34(26)39;/h10-11,13,20-21,28-31H,8-9,12,14-19,22-23H2,1-7H3;1H/q+1;/p-1/b26-20+;/t28-,29+,30-,31-,35-,36-;/m0./s1. The number of ketones is 1. The van der Waals surface area contributed by atoms with Gasteiger partial charge in [-0.25, -0.2) is 0 Å². The molecule has 43 heavy (non-hydrogen) atoms. The predicted molar refractivity (Wildman–Crippen MR) is 166 cm³/mol. The summed E-state index contributed by atoms with van der Waals surface area (Å²) in [7, 11) is 3.94. The van der Waals surface area contributed by atoms with Crippen molar-refractivity contribution >= 4 is 17.8 Å². The van der Waals surface area contributed by atoms with Crippen LogP contribution in [0.4, 0.5) is 0 Å². The first-order valence-corrected chi connectivity index (χ1v) is 16.2. The molecule has 7 heteroatoms. The molecule has 5 rings (SSSR count). The molecule has 4 aliphatic rings. The lowest BCUT2D eigenvalue weighted by Gasteiger charge is -2.56. The molecule has 0 spiro atoms. The van der Waals surface area contributed by atoms with E-state index in [9.17, 15) is 9.59 Å². The number of fused-ring (bicyclic) bond motifs is 5. The Labute approximate surface area is 276 Å². The Balaban J connectivity index is 0.00000423. The Morgan fingerprint density at radius 2 is 1.77 bits per heavy atom. The van der Waals surface area contributed by atoms with Crippen LogP contribution < -0.4 is 33.5 Å². The summed E-state index contributed by atoms with van der Waals surface area (Å²) in [6, 6.07) is 6.05. The molecule has 0 unspecified atom stereocenters. The van der Waals surface area contributed by atoms with Crippen LogP contribution in [0.5, 0.6) is 11.5 Å². The topological polar surface area (TPSA) is 61.8 Å². The van der Waals surface area contributed by atoms with E-state index >= 15 is 0 Å². The van der Waals surface area contributed by atoms with Crippen molar-refractivity contribution in [2.24, 2.45) is 28.6 Å². The SMILES string of the molecule is CC[N+](C)(CC)CCOc1ccc(/C=C2\C[C@H]3[C@@H]4CC=C5C[C@@H](OC(C)=O)CC[C@]5(C)[C@H]4CC[C@]3(C)C2=O)cc1OC.[I-]. The summed E-state index contributed by atoms with van der Waals surface area (Å²) in [5.74, 6) is 3.08. The predicted octanol–water partition coefficient (Wildman–Crippen LogP) is 4.02. The van der Waals surface area contributed by atoms with E-state index in [4.69, 9.17) is 14.2 Å². The number of Topliss-reactive ketones (excluding diaryl/α,β-unsaturated/α-hetero) is 1. The highest BCUT2D eigenvalue weighted by Gasteiger charge is 2.60. The van der Waals surface area contributed by atoms with Crippen LogP contribution >= 0.6 is 0 Å². The molecule has 1 aromatic rings. The lowest BCUT2D eigenvalue weighted by Crippen LogP contribution is -3.00. The summed E-state index contributed by atoms with van der Waals surface area (Å²) >= 11 is 0. The first kappa shape index (κ1) is 34.0. The van der Waals surface area contributed by atoms with Gasteiger partial charge in [-0.15, -0.1) is 0 Å². The number of hydrogen-bond donors (Lipinski definition) is 0. The van der Waals surface area contributed by atoms with Gasteiger partial charge in [0, 0.05) is 18.8 Å². The molecule has 0 N–H and O–H groups in total. The second-order valence-electron chi connectivity index (χ2n) is 14.1. The van der Waals surface area contributed by atoms with E-state index in [0.29, 0.717) is 35.9 Å². The van der Waals surface area contributed by atoms with Crippen molar-refractivity contribution < 1.29 is 52.3 Å². The number of ether oxygens (including phenoxy) is 3.